The first kappa shape index (κ1) is 17.1. The number of rotatable bonds is 3. The van der Waals surface area contributed by atoms with Gasteiger partial charge in [0.05, 0.1) is 5.57 Å². The summed E-state index contributed by atoms with van der Waals surface area (Å²) < 4.78 is 0. The summed E-state index contributed by atoms with van der Waals surface area (Å²) >= 11 is 0. The minimum absolute atomic E-state index is 0.0980. The van der Waals surface area contributed by atoms with Gasteiger partial charge in [-0.1, -0.05) is 37.3 Å². The number of hydrogen-bond donors (Lipinski definition) is 1. The Morgan fingerprint density at radius 2 is 1.65 bits per heavy atom. The molecule has 2 aromatic carbocycles. The fraction of sp³-hybridized carbons (Fsp3) is 0.375. The van der Waals surface area contributed by atoms with Crippen LogP contribution in [0, 0.1) is 25.7 Å². The fourth-order valence-corrected chi connectivity index (χ4v) is 4.49. The summed E-state index contributed by atoms with van der Waals surface area (Å²) in [4.78, 5) is 13.0. The lowest BCUT2D eigenvalue weighted by Crippen LogP contribution is -2.22. The van der Waals surface area contributed by atoms with Crippen molar-refractivity contribution >= 4 is 11.4 Å². The third-order valence-electron chi connectivity index (χ3n) is 6.29. The maximum Gasteiger partial charge on any atom is 0.169 e. The number of aliphatic hydroxyl groups is 1. The van der Waals surface area contributed by atoms with E-state index in [1.807, 2.05) is 0 Å². The first-order chi connectivity index (χ1) is 12.5. The van der Waals surface area contributed by atoms with Crippen LogP contribution in [0.15, 0.2) is 42.2 Å². The third-order valence-corrected chi connectivity index (χ3v) is 6.29. The fourth-order valence-electron chi connectivity index (χ4n) is 4.49. The maximum atomic E-state index is 13.0. The number of aliphatic hydroxyl groups excluding tert-OH is 1. The number of ketones is 1. The standard InChI is InChI=1S/C24H26O2/c1-4-16-7-8-18(17-6-5-14(2)15(3)11-17)13-21(16)22-23(25)19-9-10-20(12-19)24(22)26/h5-8,11,13,19-20,25H,4,9-10,12H2,1-3H3. The van der Waals surface area contributed by atoms with Gasteiger partial charge in [-0.05, 0) is 79.0 Å². The Labute approximate surface area is 155 Å². The summed E-state index contributed by atoms with van der Waals surface area (Å²) in [6.07, 6.45) is 3.52. The molecule has 2 aromatic rings. The van der Waals surface area contributed by atoms with Crippen LogP contribution >= 0.6 is 0 Å². The lowest BCUT2D eigenvalue weighted by atomic mass is 9.81. The lowest BCUT2D eigenvalue weighted by Gasteiger charge is -2.23. The van der Waals surface area contributed by atoms with Gasteiger partial charge >= 0.3 is 0 Å². The molecule has 1 fully saturated rings. The average Bonchev–Trinajstić information content (AvgIpc) is 3.10. The van der Waals surface area contributed by atoms with Crippen molar-refractivity contribution < 1.29 is 9.90 Å². The number of carbonyl (C=O) groups excluding carboxylic acids is 1. The number of hydrogen-bond acceptors (Lipinski definition) is 2. The normalized spacial score (nSPS) is 22.2. The minimum atomic E-state index is 0.0980. The zero-order valence-corrected chi connectivity index (χ0v) is 15.8. The highest BCUT2D eigenvalue weighted by atomic mass is 16.3. The monoisotopic (exact) mass is 346 g/mol. The molecule has 2 bridgehead atoms. The summed E-state index contributed by atoms with van der Waals surface area (Å²) in [6.45, 7) is 6.34. The molecule has 2 nitrogen and oxygen atoms in total. The molecule has 2 unspecified atom stereocenters. The predicted octanol–water partition coefficient (Wildman–Crippen LogP) is 5.80. The third kappa shape index (κ3) is 2.68. The highest BCUT2D eigenvalue weighted by Crippen LogP contribution is 2.46. The smallest absolute Gasteiger partial charge is 0.169 e. The number of fused-ring (bicyclic) bond motifs is 2. The highest BCUT2D eigenvalue weighted by molar-refractivity contribution is 6.23. The molecular formula is C24H26O2. The molecule has 0 radical (unpaired) electrons. The number of carbonyl (C=O) groups is 1. The van der Waals surface area contributed by atoms with Crippen molar-refractivity contribution in [3.63, 3.8) is 0 Å². The molecule has 2 heteroatoms. The van der Waals surface area contributed by atoms with Gasteiger partial charge in [0, 0.05) is 11.8 Å². The van der Waals surface area contributed by atoms with E-state index in [2.05, 4.69) is 57.2 Å². The number of aryl methyl sites for hydroxylation is 3. The molecule has 0 saturated heterocycles. The van der Waals surface area contributed by atoms with E-state index in [0.717, 1.165) is 47.9 Å². The number of Topliss-reactive ketones (excluding diaryl/α,β-unsaturated/α-hetero) is 1. The van der Waals surface area contributed by atoms with E-state index in [9.17, 15) is 9.90 Å². The van der Waals surface area contributed by atoms with Gasteiger partial charge in [0.25, 0.3) is 0 Å². The zero-order chi connectivity index (χ0) is 18.4. The number of allylic oxidation sites excluding steroid dienone is 2. The van der Waals surface area contributed by atoms with Gasteiger partial charge in [-0.2, -0.15) is 0 Å². The number of benzene rings is 2. The Balaban J connectivity index is 1.87. The van der Waals surface area contributed by atoms with Crippen molar-refractivity contribution in [3.8, 4) is 11.1 Å². The Morgan fingerprint density at radius 1 is 0.962 bits per heavy atom. The van der Waals surface area contributed by atoms with Crippen molar-refractivity contribution in [3.05, 3.63) is 64.4 Å². The molecule has 2 aliphatic carbocycles. The maximum absolute atomic E-state index is 13.0. The van der Waals surface area contributed by atoms with Gasteiger partial charge in [0.1, 0.15) is 5.76 Å². The second kappa shape index (κ2) is 6.42. The Kier molecular flexibility index (Phi) is 4.22. The van der Waals surface area contributed by atoms with Crippen molar-refractivity contribution in [1.29, 1.82) is 0 Å². The zero-order valence-electron chi connectivity index (χ0n) is 15.8. The highest BCUT2D eigenvalue weighted by Gasteiger charge is 2.41. The van der Waals surface area contributed by atoms with Crippen LogP contribution in [-0.4, -0.2) is 10.9 Å². The summed E-state index contributed by atoms with van der Waals surface area (Å²) in [7, 11) is 0. The molecular weight excluding hydrogens is 320 g/mol. The van der Waals surface area contributed by atoms with Crippen LogP contribution in [0.3, 0.4) is 0 Å². The first-order valence-electron chi connectivity index (χ1n) is 9.67. The van der Waals surface area contributed by atoms with Crippen LogP contribution in [0.25, 0.3) is 16.7 Å². The van der Waals surface area contributed by atoms with E-state index in [4.69, 9.17) is 0 Å². The molecule has 134 valence electrons. The largest absolute Gasteiger partial charge is 0.511 e. The molecule has 2 aliphatic rings. The van der Waals surface area contributed by atoms with E-state index < -0.39 is 0 Å². The van der Waals surface area contributed by atoms with Gasteiger partial charge in [0.2, 0.25) is 0 Å². The summed E-state index contributed by atoms with van der Waals surface area (Å²) in [5, 5.41) is 10.8. The van der Waals surface area contributed by atoms with Crippen LogP contribution in [0.4, 0.5) is 0 Å². The van der Waals surface area contributed by atoms with Crippen molar-refractivity contribution in [2.45, 2.75) is 46.5 Å². The molecule has 26 heavy (non-hydrogen) atoms. The lowest BCUT2D eigenvalue weighted by molar-refractivity contribution is -0.117. The summed E-state index contributed by atoms with van der Waals surface area (Å²) in [5.74, 6) is 0.738. The van der Waals surface area contributed by atoms with Crippen molar-refractivity contribution in [2.75, 3.05) is 0 Å². The van der Waals surface area contributed by atoms with Crippen molar-refractivity contribution in [1.82, 2.24) is 0 Å². The quantitative estimate of drug-likeness (QED) is 0.762. The summed E-state index contributed by atoms with van der Waals surface area (Å²) in [5.41, 5.74) is 7.45. The van der Waals surface area contributed by atoms with E-state index >= 15 is 0 Å². The first-order valence-corrected chi connectivity index (χ1v) is 9.67. The van der Waals surface area contributed by atoms with E-state index in [1.54, 1.807) is 0 Å². The average molecular weight is 346 g/mol. The van der Waals surface area contributed by atoms with Gasteiger partial charge < -0.3 is 5.11 Å². The van der Waals surface area contributed by atoms with E-state index in [0.29, 0.717) is 11.3 Å². The molecule has 1 saturated carbocycles. The topological polar surface area (TPSA) is 37.3 Å². The Bertz CT molecular complexity index is 920. The van der Waals surface area contributed by atoms with Crippen LogP contribution < -0.4 is 0 Å². The van der Waals surface area contributed by atoms with Crippen LogP contribution in [0.2, 0.25) is 0 Å². The molecule has 1 N–H and O–H groups in total. The van der Waals surface area contributed by atoms with E-state index in [-0.39, 0.29) is 17.6 Å². The van der Waals surface area contributed by atoms with Gasteiger partial charge in [0.15, 0.2) is 5.78 Å². The SMILES string of the molecule is CCc1ccc(-c2ccc(C)c(C)c2)cc1C1=C(O)C2CCC(C2)C1=O. The summed E-state index contributed by atoms with van der Waals surface area (Å²) in [6, 6.07) is 12.8. The van der Waals surface area contributed by atoms with Crippen molar-refractivity contribution in [2.24, 2.45) is 11.8 Å². The molecule has 2 atom stereocenters. The predicted molar refractivity (Wildman–Crippen MR) is 106 cm³/mol. The van der Waals surface area contributed by atoms with Gasteiger partial charge in [-0.15, -0.1) is 0 Å². The minimum Gasteiger partial charge on any atom is -0.511 e. The van der Waals surface area contributed by atoms with Crippen LogP contribution in [-0.2, 0) is 11.2 Å². The van der Waals surface area contributed by atoms with E-state index in [1.165, 1.54) is 11.1 Å². The molecule has 0 amide bonds. The second-order valence-corrected chi connectivity index (χ2v) is 7.86. The van der Waals surface area contributed by atoms with Crippen LogP contribution in [0.5, 0.6) is 0 Å². The van der Waals surface area contributed by atoms with Gasteiger partial charge in [-0.3, -0.25) is 4.79 Å². The molecule has 0 aliphatic heterocycles. The Morgan fingerprint density at radius 3 is 2.38 bits per heavy atom. The van der Waals surface area contributed by atoms with Gasteiger partial charge in [-0.25, -0.2) is 0 Å². The molecule has 0 spiro atoms. The van der Waals surface area contributed by atoms with Crippen LogP contribution in [0.1, 0.15) is 48.4 Å². The Hall–Kier alpha value is -2.35. The molecule has 0 aromatic heterocycles. The molecule has 4 rings (SSSR count). The second-order valence-electron chi connectivity index (χ2n) is 7.86. The molecule has 0 heterocycles.